The van der Waals surface area contributed by atoms with E-state index in [1.165, 1.54) is 17.4 Å². The van der Waals surface area contributed by atoms with Gasteiger partial charge in [0, 0.05) is 22.0 Å². The van der Waals surface area contributed by atoms with E-state index >= 15 is 0 Å². The number of hydrogen-bond donors (Lipinski definition) is 1. The highest BCUT2D eigenvalue weighted by Crippen LogP contribution is 2.43. The zero-order chi connectivity index (χ0) is 19.9. The van der Waals surface area contributed by atoms with Crippen molar-refractivity contribution in [1.82, 2.24) is 5.32 Å². The minimum absolute atomic E-state index is 0.130. The normalized spacial score (nSPS) is 14.1. The van der Waals surface area contributed by atoms with E-state index in [9.17, 15) is 13.2 Å². The van der Waals surface area contributed by atoms with Crippen LogP contribution in [-0.2, 0) is 22.1 Å². The van der Waals surface area contributed by atoms with Gasteiger partial charge in [0.05, 0.1) is 22.6 Å². The van der Waals surface area contributed by atoms with Crippen molar-refractivity contribution in [3.05, 3.63) is 69.6 Å². The molecule has 0 radical (unpaired) electrons. The van der Waals surface area contributed by atoms with Gasteiger partial charge in [-0.1, -0.05) is 29.8 Å². The van der Waals surface area contributed by atoms with Crippen LogP contribution in [-0.4, -0.2) is 21.4 Å². The summed E-state index contributed by atoms with van der Waals surface area (Å²) in [6.07, 6.45) is 0. The quantitative estimate of drug-likeness (QED) is 0.666. The summed E-state index contributed by atoms with van der Waals surface area (Å²) in [5, 5.41) is 3.25. The highest BCUT2D eigenvalue weighted by Gasteiger charge is 2.31. The van der Waals surface area contributed by atoms with Gasteiger partial charge in [0.1, 0.15) is 5.75 Å². The Labute approximate surface area is 171 Å². The molecule has 0 unspecified atom stereocenters. The molecule has 0 saturated heterocycles. The van der Waals surface area contributed by atoms with Crippen LogP contribution < -0.4 is 10.1 Å². The first-order chi connectivity index (χ1) is 13.4. The van der Waals surface area contributed by atoms with Gasteiger partial charge < -0.3 is 10.1 Å². The summed E-state index contributed by atoms with van der Waals surface area (Å²) in [5.74, 6) is 0.351. The van der Waals surface area contributed by atoms with Gasteiger partial charge in [-0.2, -0.15) is 0 Å². The average Bonchev–Trinajstić information content (AvgIpc) is 3.09. The number of carbonyl (C=O) groups is 1. The summed E-state index contributed by atoms with van der Waals surface area (Å²) in [6.45, 7) is 0.350. The third-order valence-electron chi connectivity index (χ3n) is 4.49. The fraction of sp³-hybridized carbons (Fsp3) is 0.150. The van der Waals surface area contributed by atoms with Gasteiger partial charge in [0.15, 0.2) is 9.84 Å². The number of halogens is 1. The summed E-state index contributed by atoms with van der Waals surface area (Å²) in [6, 6.07) is 13.9. The molecule has 0 atom stereocenters. The zero-order valence-electron chi connectivity index (χ0n) is 14.9. The monoisotopic (exact) mass is 433 g/mol. The molecule has 2 aromatic carbocycles. The number of ether oxygens (including phenoxy) is 1. The summed E-state index contributed by atoms with van der Waals surface area (Å²) in [7, 11) is -1.89. The number of rotatable bonds is 4. The lowest BCUT2D eigenvalue weighted by atomic mass is 10.1. The van der Waals surface area contributed by atoms with Crippen LogP contribution in [0.1, 0.15) is 20.8 Å². The van der Waals surface area contributed by atoms with Crippen molar-refractivity contribution in [1.29, 1.82) is 0 Å². The lowest BCUT2D eigenvalue weighted by molar-refractivity contribution is 0.0955. The van der Waals surface area contributed by atoms with Gasteiger partial charge in [-0.3, -0.25) is 4.79 Å². The second-order valence-corrected chi connectivity index (χ2v) is 9.85. The fourth-order valence-corrected chi connectivity index (χ4v) is 6.28. The Morgan fingerprint density at radius 2 is 2.04 bits per heavy atom. The summed E-state index contributed by atoms with van der Waals surface area (Å²) in [4.78, 5) is 14.1. The van der Waals surface area contributed by atoms with Crippen LogP contribution in [0.4, 0.5) is 0 Å². The van der Waals surface area contributed by atoms with Crippen molar-refractivity contribution in [2.24, 2.45) is 0 Å². The second-order valence-electron chi connectivity index (χ2n) is 6.40. The molecule has 3 aromatic rings. The Hall–Kier alpha value is -2.35. The van der Waals surface area contributed by atoms with Crippen molar-refractivity contribution in [2.45, 2.75) is 17.2 Å². The molecule has 1 amide bonds. The first-order valence-corrected chi connectivity index (χ1v) is 11.3. The predicted molar refractivity (Wildman–Crippen MR) is 110 cm³/mol. The molecule has 1 aromatic heterocycles. The topological polar surface area (TPSA) is 72.5 Å². The van der Waals surface area contributed by atoms with E-state index in [1.807, 2.05) is 24.3 Å². The third kappa shape index (κ3) is 3.53. The Bertz CT molecular complexity index is 1180. The van der Waals surface area contributed by atoms with E-state index in [1.54, 1.807) is 25.3 Å². The van der Waals surface area contributed by atoms with Crippen molar-refractivity contribution in [3.8, 4) is 16.2 Å². The van der Waals surface area contributed by atoms with E-state index < -0.39 is 9.84 Å². The van der Waals surface area contributed by atoms with E-state index in [-0.39, 0.29) is 16.6 Å². The highest BCUT2D eigenvalue weighted by molar-refractivity contribution is 7.91. The van der Waals surface area contributed by atoms with Crippen LogP contribution in [0, 0.1) is 0 Å². The van der Waals surface area contributed by atoms with Crippen molar-refractivity contribution in [3.63, 3.8) is 0 Å². The maximum Gasteiger partial charge on any atom is 0.261 e. The fourth-order valence-electron chi connectivity index (χ4n) is 3.15. The molecule has 2 heterocycles. The average molecular weight is 434 g/mol. The molecule has 0 bridgehead atoms. The van der Waals surface area contributed by atoms with Gasteiger partial charge in [-0.05, 0) is 41.5 Å². The largest absolute Gasteiger partial charge is 0.497 e. The third-order valence-corrected chi connectivity index (χ3v) is 7.63. The number of carbonyl (C=O) groups excluding carboxylic acids is 1. The summed E-state index contributed by atoms with van der Waals surface area (Å²) in [5.41, 5.74) is 2.16. The number of fused-ring (bicyclic) bond motifs is 3. The molecule has 0 fully saturated rings. The first kappa shape index (κ1) is 19.0. The number of methoxy groups -OCH3 is 1. The Morgan fingerprint density at radius 3 is 2.82 bits per heavy atom. The van der Waals surface area contributed by atoms with Gasteiger partial charge in [0.2, 0.25) is 0 Å². The summed E-state index contributed by atoms with van der Waals surface area (Å²) < 4.78 is 30.3. The highest BCUT2D eigenvalue weighted by atomic mass is 35.5. The molecule has 5 nitrogen and oxygen atoms in total. The zero-order valence-corrected chi connectivity index (χ0v) is 17.2. The van der Waals surface area contributed by atoms with Crippen LogP contribution in [0.5, 0.6) is 5.75 Å². The number of nitrogens with one attached hydrogen (secondary N) is 1. The van der Waals surface area contributed by atoms with Gasteiger partial charge in [-0.15, -0.1) is 11.3 Å². The minimum atomic E-state index is -3.48. The number of hydrogen-bond acceptors (Lipinski definition) is 5. The number of sulfone groups is 1. The molecule has 1 aliphatic rings. The van der Waals surface area contributed by atoms with Crippen LogP contribution >= 0.6 is 22.9 Å². The Balaban J connectivity index is 1.60. The molecule has 0 aliphatic carbocycles. The molecule has 4 rings (SSSR count). The maximum absolute atomic E-state index is 12.6. The molecular formula is C20H16ClNO4S2. The smallest absolute Gasteiger partial charge is 0.261 e. The van der Waals surface area contributed by atoms with Crippen molar-refractivity contribution < 1.29 is 17.9 Å². The van der Waals surface area contributed by atoms with Gasteiger partial charge in [0.25, 0.3) is 5.91 Å². The van der Waals surface area contributed by atoms with E-state index in [0.717, 1.165) is 16.2 Å². The van der Waals surface area contributed by atoms with Crippen molar-refractivity contribution in [2.75, 3.05) is 7.11 Å². The predicted octanol–water partition coefficient (Wildman–Crippen LogP) is 4.29. The van der Waals surface area contributed by atoms with Gasteiger partial charge >= 0.3 is 0 Å². The van der Waals surface area contributed by atoms with Crippen LogP contribution in [0.3, 0.4) is 0 Å². The molecule has 144 valence electrons. The van der Waals surface area contributed by atoms with Crippen LogP contribution in [0.15, 0.2) is 53.4 Å². The molecule has 0 spiro atoms. The Morgan fingerprint density at radius 1 is 1.21 bits per heavy atom. The standard InChI is InChI=1S/C20H16ClNO4S2/c1-26-15-4-2-3-12(7-15)10-22-20(23)17-8-13-11-28(24,25)18-9-14(21)5-6-16(18)19(13)27-17/h2-9H,10-11H2,1H3,(H,22,23). The lowest BCUT2D eigenvalue weighted by Crippen LogP contribution is -2.21. The first-order valence-electron chi connectivity index (χ1n) is 8.44. The molecular weight excluding hydrogens is 418 g/mol. The molecule has 8 heteroatoms. The summed E-state index contributed by atoms with van der Waals surface area (Å²) >= 11 is 7.26. The maximum atomic E-state index is 12.6. The van der Waals surface area contributed by atoms with Crippen molar-refractivity contribution >= 4 is 38.7 Å². The number of amides is 1. The Kier molecular flexibility index (Phi) is 4.91. The molecule has 28 heavy (non-hydrogen) atoms. The molecule has 1 N–H and O–H groups in total. The molecule has 0 saturated carbocycles. The molecule has 1 aliphatic heterocycles. The van der Waals surface area contributed by atoms with Gasteiger partial charge in [-0.25, -0.2) is 8.42 Å². The van der Waals surface area contributed by atoms with E-state index in [0.29, 0.717) is 27.6 Å². The lowest BCUT2D eigenvalue weighted by Gasteiger charge is -2.16. The number of thiophene rings is 1. The SMILES string of the molecule is COc1cccc(CNC(=O)c2cc3c(s2)-c2ccc(Cl)cc2S(=O)(=O)C3)c1. The van der Waals surface area contributed by atoms with E-state index in [4.69, 9.17) is 16.3 Å². The van der Waals surface area contributed by atoms with Crippen LogP contribution in [0.25, 0.3) is 10.4 Å². The second kappa shape index (κ2) is 7.24. The van der Waals surface area contributed by atoms with E-state index in [2.05, 4.69) is 5.32 Å². The van der Waals surface area contributed by atoms with Crippen LogP contribution in [0.2, 0.25) is 5.02 Å². The number of benzene rings is 2. The minimum Gasteiger partial charge on any atom is -0.497 e.